The topological polar surface area (TPSA) is 173 Å². The van der Waals surface area contributed by atoms with Crippen LogP contribution in [-0.2, 0) is 14.4 Å². The Labute approximate surface area is 89.9 Å². The summed E-state index contributed by atoms with van der Waals surface area (Å²) >= 11 is 0. The van der Waals surface area contributed by atoms with Crippen LogP contribution in [0.2, 0.25) is 0 Å². The Hall–Kier alpha value is -1.65. The molecule has 16 heavy (non-hydrogen) atoms. The first-order chi connectivity index (χ1) is 7.19. The van der Waals surface area contributed by atoms with E-state index in [2.05, 4.69) is 0 Å². The highest BCUT2D eigenvalue weighted by Crippen LogP contribution is 2.15. The van der Waals surface area contributed by atoms with Gasteiger partial charge in [0.25, 0.3) is 0 Å². The molecule has 0 atom stereocenters. The molecule has 9 nitrogen and oxygen atoms in total. The largest absolute Gasteiger partial charge is 0.481 e. The molecule has 0 heterocycles. The lowest BCUT2D eigenvalue weighted by Gasteiger charge is -2.18. The van der Waals surface area contributed by atoms with E-state index in [0.717, 1.165) is 0 Å². The Morgan fingerprint density at radius 2 is 1.19 bits per heavy atom. The SMILES string of the molecule is O=C(O)CC(O)(CC(=O)O)C(=O)O.OBO. The molecule has 0 aliphatic rings. The minimum atomic E-state index is -2.74. The highest BCUT2D eigenvalue weighted by molar-refractivity contribution is 6.13. The highest BCUT2D eigenvalue weighted by Gasteiger charge is 2.40. The van der Waals surface area contributed by atoms with Crippen molar-refractivity contribution in [2.24, 2.45) is 0 Å². The van der Waals surface area contributed by atoms with Gasteiger partial charge < -0.3 is 30.5 Å². The first-order valence-corrected chi connectivity index (χ1v) is 3.80. The summed E-state index contributed by atoms with van der Waals surface area (Å²) in [5.74, 6) is -5.02. The van der Waals surface area contributed by atoms with Gasteiger partial charge in [-0.1, -0.05) is 0 Å². The number of hydrogen-bond acceptors (Lipinski definition) is 6. The van der Waals surface area contributed by atoms with Crippen molar-refractivity contribution >= 4 is 25.6 Å². The maximum Gasteiger partial charge on any atom is 0.432 e. The summed E-state index contributed by atoms with van der Waals surface area (Å²) in [6, 6.07) is 0. The van der Waals surface area contributed by atoms with Crippen LogP contribution in [0, 0.1) is 0 Å². The first-order valence-electron chi connectivity index (χ1n) is 3.80. The van der Waals surface area contributed by atoms with Gasteiger partial charge in [0.1, 0.15) is 0 Å². The van der Waals surface area contributed by atoms with Gasteiger partial charge in [0.15, 0.2) is 5.60 Å². The summed E-state index contributed by atoms with van der Waals surface area (Å²) in [5, 5.41) is 48.1. The van der Waals surface area contributed by atoms with Crippen molar-refractivity contribution in [1.82, 2.24) is 0 Å². The lowest BCUT2D eigenvalue weighted by atomic mass is 9.96. The van der Waals surface area contributed by atoms with Crippen LogP contribution in [0.25, 0.3) is 0 Å². The maximum atomic E-state index is 10.3. The molecule has 0 bridgehead atoms. The monoisotopic (exact) mass is 238 g/mol. The zero-order valence-corrected chi connectivity index (χ0v) is 8.03. The van der Waals surface area contributed by atoms with E-state index in [1.54, 1.807) is 0 Å². The van der Waals surface area contributed by atoms with Crippen molar-refractivity contribution in [3.05, 3.63) is 0 Å². The number of carboxylic acid groups (broad SMARTS) is 3. The smallest absolute Gasteiger partial charge is 0.432 e. The summed E-state index contributed by atoms with van der Waals surface area (Å²) < 4.78 is 0. The second kappa shape index (κ2) is 7.62. The fourth-order valence-electron chi connectivity index (χ4n) is 0.714. The molecule has 0 amide bonds. The van der Waals surface area contributed by atoms with Crippen molar-refractivity contribution in [3.8, 4) is 0 Å². The number of rotatable bonds is 5. The maximum absolute atomic E-state index is 10.3. The molecule has 6 N–H and O–H groups in total. The lowest BCUT2D eigenvalue weighted by Crippen LogP contribution is -2.42. The van der Waals surface area contributed by atoms with Gasteiger partial charge in [0, 0.05) is 0 Å². The van der Waals surface area contributed by atoms with E-state index in [0.29, 0.717) is 0 Å². The van der Waals surface area contributed by atoms with Gasteiger partial charge in [-0.15, -0.1) is 0 Å². The average molecular weight is 238 g/mol. The standard InChI is InChI=1S/C6H8O7.BH3O2/c7-3(8)1-6(13,5(11)12)2-4(9)10;2-1-3/h13H,1-2H2,(H,7,8)(H,9,10)(H,11,12);1-3H. The van der Waals surface area contributed by atoms with Crippen LogP contribution in [0.4, 0.5) is 0 Å². The molecule has 10 heteroatoms. The van der Waals surface area contributed by atoms with E-state index in [-0.39, 0.29) is 0 Å². The molecule has 0 aromatic rings. The predicted octanol–water partition coefficient (Wildman–Crippen LogP) is -3.01. The number of aliphatic hydroxyl groups is 1. The fourth-order valence-corrected chi connectivity index (χ4v) is 0.714. The summed E-state index contributed by atoms with van der Waals surface area (Å²) in [7, 11) is -0.750. The molecule has 0 radical (unpaired) electrons. The molecular weight excluding hydrogens is 227 g/mol. The summed E-state index contributed by atoms with van der Waals surface area (Å²) in [6.07, 6.45) is -2.29. The zero-order chi connectivity index (χ0) is 13.4. The third-order valence-corrected chi connectivity index (χ3v) is 1.29. The molecule has 0 spiro atoms. The van der Waals surface area contributed by atoms with Crippen LogP contribution >= 0.6 is 0 Å². The molecular formula is C6H11BO9. The molecule has 0 saturated heterocycles. The number of aliphatic carboxylic acids is 3. The van der Waals surface area contributed by atoms with Gasteiger partial charge in [0.05, 0.1) is 12.8 Å². The van der Waals surface area contributed by atoms with E-state index in [9.17, 15) is 14.4 Å². The number of carboxylic acids is 3. The second-order valence-electron chi connectivity index (χ2n) is 2.62. The molecule has 0 aliphatic carbocycles. The predicted molar refractivity (Wildman–Crippen MR) is 48.7 cm³/mol. The van der Waals surface area contributed by atoms with Crippen LogP contribution in [0.5, 0.6) is 0 Å². The molecule has 0 aliphatic heterocycles. The number of carbonyl (C=O) groups is 3. The van der Waals surface area contributed by atoms with Crippen molar-refractivity contribution in [2.75, 3.05) is 0 Å². The van der Waals surface area contributed by atoms with Crippen LogP contribution in [0.3, 0.4) is 0 Å². The van der Waals surface area contributed by atoms with Gasteiger partial charge in [-0.25, -0.2) is 4.79 Å². The van der Waals surface area contributed by atoms with Gasteiger partial charge in [-0.2, -0.15) is 0 Å². The van der Waals surface area contributed by atoms with Crippen molar-refractivity contribution in [1.29, 1.82) is 0 Å². The van der Waals surface area contributed by atoms with Crippen molar-refractivity contribution < 1.29 is 44.9 Å². The van der Waals surface area contributed by atoms with Gasteiger partial charge in [-0.3, -0.25) is 9.59 Å². The lowest BCUT2D eigenvalue weighted by molar-refractivity contribution is -0.170. The molecule has 0 aromatic heterocycles. The number of hydrogen-bond donors (Lipinski definition) is 6. The fraction of sp³-hybridized carbons (Fsp3) is 0.500. The second-order valence-corrected chi connectivity index (χ2v) is 2.62. The molecule has 0 fully saturated rings. The minimum Gasteiger partial charge on any atom is -0.481 e. The Kier molecular flexibility index (Phi) is 7.99. The van der Waals surface area contributed by atoms with Crippen molar-refractivity contribution in [3.63, 3.8) is 0 Å². The Morgan fingerprint density at radius 3 is 1.31 bits per heavy atom. The Morgan fingerprint density at radius 1 is 0.938 bits per heavy atom. The first kappa shape index (κ1) is 16.8. The molecule has 0 unspecified atom stereocenters. The Balaban J connectivity index is 0. The summed E-state index contributed by atoms with van der Waals surface area (Å²) in [6.45, 7) is 0. The van der Waals surface area contributed by atoms with Crippen molar-refractivity contribution in [2.45, 2.75) is 18.4 Å². The summed E-state index contributed by atoms with van der Waals surface area (Å²) in [5.41, 5.74) is -2.74. The zero-order valence-electron chi connectivity index (χ0n) is 8.03. The third-order valence-electron chi connectivity index (χ3n) is 1.29. The van der Waals surface area contributed by atoms with Crippen LogP contribution in [-0.4, -0.2) is 61.7 Å². The molecule has 0 rings (SSSR count). The van der Waals surface area contributed by atoms with E-state index >= 15 is 0 Å². The van der Waals surface area contributed by atoms with E-state index < -0.39 is 44.0 Å². The summed E-state index contributed by atoms with van der Waals surface area (Å²) in [4.78, 5) is 30.5. The van der Waals surface area contributed by atoms with Gasteiger partial charge in [0.2, 0.25) is 0 Å². The van der Waals surface area contributed by atoms with Crippen LogP contribution < -0.4 is 0 Å². The van der Waals surface area contributed by atoms with E-state index in [1.165, 1.54) is 0 Å². The highest BCUT2D eigenvalue weighted by atomic mass is 16.4. The van der Waals surface area contributed by atoms with E-state index in [1.807, 2.05) is 0 Å². The molecule has 0 saturated carbocycles. The third kappa shape index (κ3) is 7.73. The van der Waals surface area contributed by atoms with Crippen LogP contribution in [0.1, 0.15) is 12.8 Å². The Bertz CT molecular complexity index is 247. The van der Waals surface area contributed by atoms with E-state index in [4.69, 9.17) is 30.5 Å². The minimum absolute atomic E-state index is 0.750. The normalized spacial score (nSPS) is 9.69. The molecule has 0 aromatic carbocycles. The quantitative estimate of drug-likeness (QED) is 0.272. The van der Waals surface area contributed by atoms with Crippen LogP contribution in [0.15, 0.2) is 0 Å². The van der Waals surface area contributed by atoms with Gasteiger partial charge >= 0.3 is 25.6 Å². The average Bonchev–Trinajstić information content (AvgIpc) is 2.01. The van der Waals surface area contributed by atoms with Gasteiger partial charge in [-0.05, 0) is 0 Å². The molecule has 92 valence electrons.